The fourth-order valence-corrected chi connectivity index (χ4v) is 5.11. The monoisotopic (exact) mass is 428 g/mol. The highest BCUT2D eigenvalue weighted by atomic mass is 16.3. The number of allylic oxidation sites excluding steroid dienone is 1. The van der Waals surface area contributed by atoms with Crippen molar-refractivity contribution >= 4 is 16.8 Å². The maximum atomic E-state index is 10.0. The highest BCUT2D eigenvalue weighted by Gasteiger charge is 2.23. The van der Waals surface area contributed by atoms with Gasteiger partial charge in [-0.25, -0.2) is 0 Å². The molecule has 0 spiro atoms. The zero-order valence-corrected chi connectivity index (χ0v) is 19.3. The zero-order valence-electron chi connectivity index (χ0n) is 19.3. The molecule has 0 radical (unpaired) electrons. The van der Waals surface area contributed by atoms with Crippen LogP contribution in [0.4, 0.5) is 5.69 Å². The maximum absolute atomic E-state index is 10.0. The number of aryl methyl sites for hydroxylation is 2. The predicted octanol–water partition coefficient (Wildman–Crippen LogP) is 4.56. The third-order valence-corrected chi connectivity index (χ3v) is 6.92. The van der Waals surface area contributed by atoms with Gasteiger partial charge < -0.3 is 10.0 Å². The number of nitrogens with zero attached hydrogens (tertiary/aromatic N) is 4. The van der Waals surface area contributed by atoms with Crippen LogP contribution >= 0.6 is 0 Å². The molecule has 1 N–H and O–H groups in total. The molecule has 1 aliphatic heterocycles. The lowest BCUT2D eigenvalue weighted by molar-refractivity contribution is 0.209. The Morgan fingerprint density at radius 2 is 1.66 bits per heavy atom. The van der Waals surface area contributed by atoms with Crippen LogP contribution in [0.3, 0.4) is 0 Å². The predicted molar refractivity (Wildman–Crippen MR) is 131 cm³/mol. The molecule has 1 aliphatic carbocycles. The molecule has 0 atom stereocenters. The summed E-state index contributed by atoms with van der Waals surface area (Å²) >= 11 is 0. The molecule has 2 aromatic carbocycles. The van der Waals surface area contributed by atoms with E-state index in [4.69, 9.17) is 0 Å². The molecule has 5 heteroatoms. The number of hydrogen-bond donors (Lipinski definition) is 1. The summed E-state index contributed by atoms with van der Waals surface area (Å²) in [6.45, 7) is 8.94. The Bertz CT molecular complexity index is 1130. The van der Waals surface area contributed by atoms with Crippen molar-refractivity contribution in [2.75, 3.05) is 31.1 Å². The molecule has 0 saturated carbocycles. The van der Waals surface area contributed by atoms with E-state index in [1.54, 1.807) is 6.07 Å². The molecule has 166 valence electrons. The second-order valence-electron chi connectivity index (χ2n) is 9.26. The van der Waals surface area contributed by atoms with E-state index in [1.807, 2.05) is 24.0 Å². The van der Waals surface area contributed by atoms with Gasteiger partial charge in [-0.3, -0.25) is 9.58 Å². The minimum absolute atomic E-state index is 0.337. The molecular weight excluding hydrogens is 396 g/mol. The number of benzene rings is 2. The molecular formula is C27H32N4O. The first-order valence-electron chi connectivity index (χ1n) is 11.6. The van der Waals surface area contributed by atoms with Gasteiger partial charge in [0, 0.05) is 56.7 Å². The summed E-state index contributed by atoms with van der Waals surface area (Å²) in [5.41, 5.74) is 8.70. The molecule has 5 nitrogen and oxygen atoms in total. The summed E-state index contributed by atoms with van der Waals surface area (Å²) in [6.07, 6.45) is 5.93. The number of hydrogen-bond acceptors (Lipinski definition) is 4. The van der Waals surface area contributed by atoms with Crippen molar-refractivity contribution in [3.63, 3.8) is 0 Å². The summed E-state index contributed by atoms with van der Waals surface area (Å²) < 4.78 is 1.87. The minimum atomic E-state index is 0.337. The van der Waals surface area contributed by atoms with Crippen molar-refractivity contribution in [1.29, 1.82) is 0 Å². The number of aromatic nitrogens is 2. The van der Waals surface area contributed by atoms with E-state index in [0.29, 0.717) is 11.8 Å². The van der Waals surface area contributed by atoms with Crippen molar-refractivity contribution in [3.05, 3.63) is 77.1 Å². The number of phenolic OH excluding ortho intramolecular Hbond substituents is 1. The zero-order chi connectivity index (χ0) is 22.2. The fraction of sp³-hybridized carbons (Fsp3) is 0.370. The lowest BCUT2D eigenvalue weighted by atomic mass is 9.80. The Morgan fingerprint density at radius 3 is 2.31 bits per heavy atom. The van der Waals surface area contributed by atoms with Crippen molar-refractivity contribution in [1.82, 2.24) is 14.7 Å². The lowest BCUT2D eigenvalue weighted by Crippen LogP contribution is -2.48. The summed E-state index contributed by atoms with van der Waals surface area (Å²) in [4.78, 5) is 5.04. The van der Waals surface area contributed by atoms with Crippen LogP contribution in [0.1, 0.15) is 42.5 Å². The second kappa shape index (κ2) is 8.47. The van der Waals surface area contributed by atoms with Gasteiger partial charge in [0.2, 0.25) is 0 Å². The number of anilines is 1. The minimum Gasteiger partial charge on any atom is -0.508 e. The van der Waals surface area contributed by atoms with Crippen LogP contribution < -0.4 is 4.90 Å². The van der Waals surface area contributed by atoms with Gasteiger partial charge in [-0.05, 0) is 78.8 Å². The Hall–Kier alpha value is -3.05. The van der Waals surface area contributed by atoms with E-state index in [9.17, 15) is 5.11 Å². The molecule has 2 aliphatic rings. The molecule has 5 rings (SSSR count). The third-order valence-electron chi connectivity index (χ3n) is 6.92. The van der Waals surface area contributed by atoms with Crippen LogP contribution in [0.2, 0.25) is 0 Å². The van der Waals surface area contributed by atoms with Gasteiger partial charge in [-0.15, -0.1) is 0 Å². The molecule has 1 aromatic heterocycles. The highest BCUT2D eigenvalue weighted by Crippen LogP contribution is 2.42. The van der Waals surface area contributed by atoms with E-state index in [0.717, 1.165) is 39.0 Å². The van der Waals surface area contributed by atoms with Crippen molar-refractivity contribution in [2.45, 2.75) is 32.7 Å². The summed E-state index contributed by atoms with van der Waals surface area (Å²) in [5, 5.41) is 14.4. The van der Waals surface area contributed by atoms with Gasteiger partial charge in [-0.2, -0.15) is 5.10 Å². The highest BCUT2D eigenvalue weighted by molar-refractivity contribution is 6.00. The second-order valence-corrected chi connectivity index (χ2v) is 9.26. The van der Waals surface area contributed by atoms with Gasteiger partial charge in [0.1, 0.15) is 5.75 Å². The Balaban J connectivity index is 1.50. The van der Waals surface area contributed by atoms with E-state index < -0.39 is 0 Å². The third kappa shape index (κ3) is 3.93. The van der Waals surface area contributed by atoms with Crippen LogP contribution in [-0.2, 0) is 13.5 Å². The van der Waals surface area contributed by atoms with Crippen molar-refractivity contribution in [2.24, 2.45) is 7.05 Å². The maximum Gasteiger partial charge on any atom is 0.115 e. The van der Waals surface area contributed by atoms with Crippen molar-refractivity contribution < 1.29 is 5.11 Å². The Morgan fingerprint density at radius 1 is 0.906 bits per heavy atom. The van der Waals surface area contributed by atoms with E-state index in [-0.39, 0.29) is 0 Å². The average molecular weight is 429 g/mol. The molecule has 1 fully saturated rings. The first kappa shape index (κ1) is 20.8. The molecule has 0 bridgehead atoms. The van der Waals surface area contributed by atoms with E-state index >= 15 is 0 Å². The fourth-order valence-electron chi connectivity index (χ4n) is 5.11. The van der Waals surface area contributed by atoms with Gasteiger partial charge in [0.15, 0.2) is 0 Å². The molecule has 1 saturated heterocycles. The number of aromatic hydroxyl groups is 1. The van der Waals surface area contributed by atoms with Crippen LogP contribution in [0.15, 0.2) is 54.9 Å². The lowest BCUT2D eigenvalue weighted by Gasteiger charge is -2.38. The Kier molecular flexibility index (Phi) is 5.51. The topological polar surface area (TPSA) is 44.5 Å². The number of rotatable bonds is 4. The molecule has 32 heavy (non-hydrogen) atoms. The van der Waals surface area contributed by atoms with Crippen LogP contribution in [-0.4, -0.2) is 52.0 Å². The first-order valence-corrected chi connectivity index (χ1v) is 11.6. The van der Waals surface area contributed by atoms with Crippen LogP contribution in [0.25, 0.3) is 11.1 Å². The molecule has 3 aromatic rings. The van der Waals surface area contributed by atoms with E-state index in [2.05, 4.69) is 65.3 Å². The smallest absolute Gasteiger partial charge is 0.115 e. The number of phenols is 1. The number of piperazine rings is 1. The van der Waals surface area contributed by atoms with Gasteiger partial charge in [0.05, 0.1) is 6.20 Å². The summed E-state index contributed by atoms with van der Waals surface area (Å²) in [7, 11) is 1.96. The van der Waals surface area contributed by atoms with Crippen LogP contribution in [0.5, 0.6) is 5.75 Å². The Labute approximate surface area is 190 Å². The van der Waals surface area contributed by atoms with Gasteiger partial charge in [-0.1, -0.05) is 18.2 Å². The summed E-state index contributed by atoms with van der Waals surface area (Å²) in [6, 6.07) is 15.4. The molecule has 0 unspecified atom stereocenters. The normalized spacial score (nSPS) is 17.2. The van der Waals surface area contributed by atoms with Gasteiger partial charge >= 0.3 is 0 Å². The number of fused-ring (bicyclic) bond motifs is 1. The van der Waals surface area contributed by atoms with Gasteiger partial charge in [0.25, 0.3) is 0 Å². The van der Waals surface area contributed by atoms with E-state index in [1.165, 1.54) is 39.1 Å². The summed E-state index contributed by atoms with van der Waals surface area (Å²) in [5.74, 6) is 0.337. The SMILES string of the molecule is CC(C)N1CCN(c2ccc(C3=C(c4cnn(C)c4)CCc4cc(O)ccc43)cc2)CC1. The molecule has 2 heterocycles. The first-order chi connectivity index (χ1) is 15.5. The van der Waals surface area contributed by atoms with Crippen molar-refractivity contribution in [3.8, 4) is 5.75 Å². The molecule has 0 amide bonds. The standard InChI is InChI=1S/C27H32N4O/c1-19(2)30-12-14-31(15-13-30)23-7-4-20(5-8-23)27-25-11-9-24(32)16-21(25)6-10-26(27)22-17-28-29(3)18-22/h4-5,7-9,11,16-19,32H,6,10,12-15H2,1-3H3. The quantitative estimate of drug-likeness (QED) is 0.662. The van der Waals surface area contributed by atoms with Crippen LogP contribution in [0, 0.1) is 0 Å². The average Bonchev–Trinajstić information content (AvgIpc) is 3.24. The largest absolute Gasteiger partial charge is 0.508 e.